The summed E-state index contributed by atoms with van der Waals surface area (Å²) < 4.78 is 0. The van der Waals surface area contributed by atoms with Crippen LogP contribution in [0.25, 0.3) is 10.9 Å². The van der Waals surface area contributed by atoms with Crippen molar-refractivity contribution in [3.05, 3.63) is 78.0 Å². The molecule has 0 radical (unpaired) electrons. The Hall–Kier alpha value is -2.72. The highest BCUT2D eigenvalue weighted by Crippen LogP contribution is 2.17. The summed E-state index contributed by atoms with van der Waals surface area (Å²) in [7, 11) is 0. The lowest BCUT2D eigenvalue weighted by atomic mass is 10.1. The fourth-order valence-electron chi connectivity index (χ4n) is 2.55. The average molecular weight is 306 g/mol. The summed E-state index contributed by atoms with van der Waals surface area (Å²) in [6.45, 7) is 0.408. The van der Waals surface area contributed by atoms with E-state index in [2.05, 4.69) is 10.3 Å². The van der Waals surface area contributed by atoms with Gasteiger partial charge in [-0.25, -0.2) is 0 Å². The van der Waals surface area contributed by atoms with Gasteiger partial charge in [-0.2, -0.15) is 0 Å². The van der Waals surface area contributed by atoms with E-state index in [1.165, 1.54) is 0 Å². The van der Waals surface area contributed by atoms with Crippen LogP contribution in [-0.4, -0.2) is 22.5 Å². The number of hydrogen-bond donors (Lipinski definition) is 2. The van der Waals surface area contributed by atoms with Crippen molar-refractivity contribution in [2.75, 3.05) is 6.54 Å². The van der Waals surface area contributed by atoms with Gasteiger partial charge in [0.15, 0.2) is 0 Å². The minimum Gasteiger partial charge on any atom is -0.388 e. The maximum absolute atomic E-state index is 12.4. The number of benzene rings is 2. The molecule has 2 aromatic carbocycles. The maximum atomic E-state index is 12.4. The monoisotopic (exact) mass is 306 g/mol. The molecule has 1 amide bonds. The number of aromatic nitrogens is 1. The standard InChI is InChI=1S/C19H18N2O2/c22-18(14-6-2-1-3-7-14)11-13-21-19(23)16-10-12-20-17-9-5-4-8-15(16)17/h1-10,12,18,22H,11,13H2,(H,21,23). The largest absolute Gasteiger partial charge is 0.388 e. The van der Waals surface area contributed by atoms with E-state index < -0.39 is 6.10 Å². The van der Waals surface area contributed by atoms with Crippen LogP contribution in [0.2, 0.25) is 0 Å². The van der Waals surface area contributed by atoms with Crippen LogP contribution in [0, 0.1) is 0 Å². The lowest BCUT2D eigenvalue weighted by Crippen LogP contribution is -2.25. The molecule has 0 spiro atoms. The molecule has 3 rings (SSSR count). The molecule has 0 aliphatic rings. The van der Waals surface area contributed by atoms with Crippen molar-refractivity contribution in [3.63, 3.8) is 0 Å². The quantitative estimate of drug-likeness (QED) is 0.761. The first-order valence-electron chi connectivity index (χ1n) is 7.60. The third-order valence-corrected chi connectivity index (χ3v) is 3.78. The van der Waals surface area contributed by atoms with E-state index in [1.807, 2.05) is 54.6 Å². The van der Waals surface area contributed by atoms with Gasteiger partial charge in [0.2, 0.25) is 0 Å². The Morgan fingerprint density at radius 1 is 1.04 bits per heavy atom. The van der Waals surface area contributed by atoms with Crippen molar-refractivity contribution in [3.8, 4) is 0 Å². The second-order valence-corrected chi connectivity index (χ2v) is 5.35. The summed E-state index contributed by atoms with van der Waals surface area (Å²) in [4.78, 5) is 16.6. The number of aliphatic hydroxyl groups is 1. The number of rotatable bonds is 5. The number of fused-ring (bicyclic) bond motifs is 1. The molecule has 0 saturated carbocycles. The smallest absolute Gasteiger partial charge is 0.252 e. The maximum Gasteiger partial charge on any atom is 0.252 e. The number of carbonyl (C=O) groups is 1. The first-order valence-corrected chi connectivity index (χ1v) is 7.60. The molecule has 0 saturated heterocycles. The zero-order valence-electron chi connectivity index (χ0n) is 12.6. The highest BCUT2D eigenvalue weighted by atomic mass is 16.3. The van der Waals surface area contributed by atoms with Gasteiger partial charge in [0.05, 0.1) is 17.2 Å². The molecule has 116 valence electrons. The van der Waals surface area contributed by atoms with E-state index in [-0.39, 0.29) is 5.91 Å². The minimum absolute atomic E-state index is 0.149. The molecule has 3 aromatic rings. The first kappa shape index (κ1) is 15.2. The SMILES string of the molecule is O=C(NCCC(O)c1ccccc1)c1ccnc2ccccc12. The number of nitrogens with one attached hydrogen (secondary N) is 1. The van der Waals surface area contributed by atoms with Crippen LogP contribution in [0.3, 0.4) is 0 Å². The number of aliphatic hydroxyl groups excluding tert-OH is 1. The normalized spacial score (nSPS) is 12.0. The Balaban J connectivity index is 1.63. The van der Waals surface area contributed by atoms with Gasteiger partial charge in [0.25, 0.3) is 5.91 Å². The molecule has 1 atom stereocenters. The Bertz CT molecular complexity index is 797. The Morgan fingerprint density at radius 3 is 2.61 bits per heavy atom. The second-order valence-electron chi connectivity index (χ2n) is 5.35. The third-order valence-electron chi connectivity index (χ3n) is 3.78. The van der Waals surface area contributed by atoms with Gasteiger partial charge in [0.1, 0.15) is 0 Å². The molecule has 1 aromatic heterocycles. The third kappa shape index (κ3) is 3.55. The Morgan fingerprint density at radius 2 is 1.78 bits per heavy atom. The molecule has 0 fully saturated rings. The molecular weight excluding hydrogens is 288 g/mol. The molecule has 2 N–H and O–H groups in total. The highest BCUT2D eigenvalue weighted by Gasteiger charge is 2.11. The fraction of sp³-hybridized carbons (Fsp3) is 0.158. The van der Waals surface area contributed by atoms with E-state index in [1.54, 1.807) is 12.3 Å². The van der Waals surface area contributed by atoms with Crippen molar-refractivity contribution in [2.45, 2.75) is 12.5 Å². The van der Waals surface area contributed by atoms with Crippen molar-refractivity contribution in [1.82, 2.24) is 10.3 Å². The molecule has 0 aliphatic carbocycles. The summed E-state index contributed by atoms with van der Waals surface area (Å²) >= 11 is 0. The summed E-state index contributed by atoms with van der Waals surface area (Å²) in [6.07, 6.45) is 1.53. The summed E-state index contributed by atoms with van der Waals surface area (Å²) in [5.74, 6) is -0.149. The number of amides is 1. The molecular formula is C19H18N2O2. The van der Waals surface area contributed by atoms with Gasteiger partial charge in [-0.05, 0) is 24.1 Å². The number of nitrogens with zero attached hydrogens (tertiary/aromatic N) is 1. The zero-order chi connectivity index (χ0) is 16.1. The molecule has 4 heteroatoms. The lowest BCUT2D eigenvalue weighted by Gasteiger charge is -2.12. The highest BCUT2D eigenvalue weighted by molar-refractivity contribution is 6.05. The fourth-order valence-corrected chi connectivity index (χ4v) is 2.55. The Kier molecular flexibility index (Phi) is 4.64. The van der Waals surface area contributed by atoms with Crippen molar-refractivity contribution in [2.24, 2.45) is 0 Å². The number of hydrogen-bond acceptors (Lipinski definition) is 3. The van der Waals surface area contributed by atoms with Crippen molar-refractivity contribution >= 4 is 16.8 Å². The molecule has 0 aliphatic heterocycles. The summed E-state index contributed by atoms with van der Waals surface area (Å²) in [5, 5.41) is 13.8. The van der Waals surface area contributed by atoms with E-state index in [0.717, 1.165) is 16.5 Å². The Labute approximate surface area is 134 Å². The van der Waals surface area contributed by atoms with Gasteiger partial charge >= 0.3 is 0 Å². The van der Waals surface area contributed by atoms with Gasteiger partial charge in [-0.3, -0.25) is 9.78 Å². The van der Waals surface area contributed by atoms with E-state index in [0.29, 0.717) is 18.5 Å². The molecule has 0 bridgehead atoms. The van der Waals surface area contributed by atoms with Crippen molar-refractivity contribution < 1.29 is 9.90 Å². The molecule has 23 heavy (non-hydrogen) atoms. The van der Waals surface area contributed by atoms with E-state index in [9.17, 15) is 9.90 Å². The number of carbonyl (C=O) groups excluding carboxylic acids is 1. The van der Waals surface area contributed by atoms with Crippen LogP contribution in [0.5, 0.6) is 0 Å². The van der Waals surface area contributed by atoms with Crippen LogP contribution in [-0.2, 0) is 0 Å². The zero-order valence-corrected chi connectivity index (χ0v) is 12.6. The minimum atomic E-state index is -0.578. The van der Waals surface area contributed by atoms with Crippen LogP contribution in [0.15, 0.2) is 66.9 Å². The van der Waals surface area contributed by atoms with Crippen LogP contribution in [0.4, 0.5) is 0 Å². The predicted molar refractivity (Wildman–Crippen MR) is 90.1 cm³/mol. The molecule has 1 heterocycles. The lowest BCUT2D eigenvalue weighted by molar-refractivity contribution is 0.0944. The molecule has 1 unspecified atom stereocenters. The van der Waals surface area contributed by atoms with Gasteiger partial charge in [-0.1, -0.05) is 48.5 Å². The molecule has 4 nitrogen and oxygen atoms in total. The van der Waals surface area contributed by atoms with E-state index >= 15 is 0 Å². The topological polar surface area (TPSA) is 62.2 Å². The van der Waals surface area contributed by atoms with Gasteiger partial charge < -0.3 is 10.4 Å². The van der Waals surface area contributed by atoms with Crippen LogP contribution < -0.4 is 5.32 Å². The first-order chi connectivity index (χ1) is 11.3. The van der Waals surface area contributed by atoms with E-state index in [4.69, 9.17) is 0 Å². The van der Waals surface area contributed by atoms with Crippen LogP contribution in [0.1, 0.15) is 28.4 Å². The van der Waals surface area contributed by atoms with Gasteiger partial charge in [0, 0.05) is 18.1 Å². The predicted octanol–water partition coefficient (Wildman–Crippen LogP) is 3.09. The number of para-hydroxylation sites is 1. The summed E-state index contributed by atoms with van der Waals surface area (Å²) in [6, 6.07) is 18.7. The second kappa shape index (κ2) is 7.03. The summed E-state index contributed by atoms with van der Waals surface area (Å²) in [5.41, 5.74) is 2.25. The van der Waals surface area contributed by atoms with Crippen molar-refractivity contribution in [1.29, 1.82) is 0 Å². The van der Waals surface area contributed by atoms with Crippen LogP contribution >= 0.6 is 0 Å². The van der Waals surface area contributed by atoms with Gasteiger partial charge in [-0.15, -0.1) is 0 Å². The number of pyridine rings is 1. The average Bonchev–Trinajstić information content (AvgIpc) is 2.61.